The number of hydrogen-bond donors (Lipinski definition) is 1. The van der Waals surface area contributed by atoms with Crippen molar-refractivity contribution in [2.24, 2.45) is 0 Å². The molecule has 1 atom stereocenters. The van der Waals surface area contributed by atoms with Crippen LogP contribution in [0.3, 0.4) is 0 Å². The number of amides is 1. The molecule has 20 heavy (non-hydrogen) atoms. The fourth-order valence-corrected chi connectivity index (χ4v) is 2.49. The summed E-state index contributed by atoms with van der Waals surface area (Å²) in [6.07, 6.45) is 5.51. The lowest BCUT2D eigenvalue weighted by molar-refractivity contribution is -0.133. The van der Waals surface area contributed by atoms with Crippen molar-refractivity contribution in [2.45, 2.75) is 58.7 Å². The van der Waals surface area contributed by atoms with Crippen molar-refractivity contribution >= 4 is 5.91 Å². The van der Waals surface area contributed by atoms with Crippen molar-refractivity contribution in [1.82, 2.24) is 20.0 Å². The minimum Gasteiger partial charge on any atom is -0.341 e. The number of aromatic nitrogens is 2. The molecule has 1 saturated heterocycles. The predicted octanol–water partition coefficient (Wildman–Crippen LogP) is 1.95. The summed E-state index contributed by atoms with van der Waals surface area (Å²) in [5.41, 5.74) is 0.983. The van der Waals surface area contributed by atoms with E-state index < -0.39 is 0 Å². The van der Waals surface area contributed by atoms with Crippen LogP contribution in [-0.2, 0) is 11.3 Å². The Morgan fingerprint density at radius 1 is 1.30 bits per heavy atom. The van der Waals surface area contributed by atoms with Crippen molar-refractivity contribution < 1.29 is 4.79 Å². The van der Waals surface area contributed by atoms with E-state index in [1.165, 1.54) is 6.42 Å². The first-order valence-electron chi connectivity index (χ1n) is 7.64. The van der Waals surface area contributed by atoms with Gasteiger partial charge in [0.2, 0.25) is 5.91 Å². The third-order valence-corrected chi connectivity index (χ3v) is 3.82. The molecule has 1 fully saturated rings. The van der Waals surface area contributed by atoms with Crippen molar-refractivity contribution in [1.29, 1.82) is 0 Å². The summed E-state index contributed by atoms with van der Waals surface area (Å²) < 4.78 is 1.94. The van der Waals surface area contributed by atoms with E-state index in [-0.39, 0.29) is 11.9 Å². The van der Waals surface area contributed by atoms with Gasteiger partial charge in [0, 0.05) is 31.9 Å². The third-order valence-electron chi connectivity index (χ3n) is 3.82. The van der Waals surface area contributed by atoms with Gasteiger partial charge in [0.15, 0.2) is 0 Å². The topological polar surface area (TPSA) is 50.2 Å². The summed E-state index contributed by atoms with van der Waals surface area (Å²) in [5, 5.41) is 7.76. The summed E-state index contributed by atoms with van der Waals surface area (Å²) in [4.78, 5) is 14.3. The second kappa shape index (κ2) is 6.88. The minimum absolute atomic E-state index is 0.141. The number of piperidine rings is 1. The molecular weight excluding hydrogens is 252 g/mol. The number of likely N-dealkylation sites (tertiary alicyclic amines) is 1. The van der Waals surface area contributed by atoms with E-state index in [2.05, 4.69) is 24.3 Å². The maximum atomic E-state index is 12.3. The molecule has 0 aliphatic carbocycles. The van der Waals surface area contributed by atoms with Crippen molar-refractivity contribution in [2.75, 3.05) is 13.1 Å². The van der Waals surface area contributed by atoms with Crippen LogP contribution < -0.4 is 5.32 Å². The van der Waals surface area contributed by atoms with E-state index in [1.807, 2.05) is 28.8 Å². The van der Waals surface area contributed by atoms with Gasteiger partial charge in [-0.3, -0.25) is 9.48 Å². The van der Waals surface area contributed by atoms with Crippen molar-refractivity contribution in [3.8, 4) is 0 Å². The molecule has 1 aromatic heterocycles. The van der Waals surface area contributed by atoms with Gasteiger partial charge in [-0.15, -0.1) is 0 Å². The van der Waals surface area contributed by atoms with Crippen LogP contribution in [0.25, 0.3) is 0 Å². The summed E-state index contributed by atoms with van der Waals surface area (Å²) in [5.74, 6) is 0.216. The molecule has 1 aliphatic rings. The summed E-state index contributed by atoms with van der Waals surface area (Å²) in [6.45, 7) is 8.61. The Morgan fingerprint density at radius 3 is 2.60 bits per heavy atom. The summed E-state index contributed by atoms with van der Waals surface area (Å²) in [7, 11) is 0. The zero-order chi connectivity index (χ0) is 14.5. The lowest BCUT2D eigenvalue weighted by Gasteiger charge is -2.29. The van der Waals surface area contributed by atoms with Crippen LogP contribution in [0.4, 0.5) is 0 Å². The number of rotatable bonds is 5. The van der Waals surface area contributed by atoms with Crippen LogP contribution in [-0.4, -0.2) is 39.7 Å². The van der Waals surface area contributed by atoms with Gasteiger partial charge in [0.05, 0.1) is 11.7 Å². The van der Waals surface area contributed by atoms with Gasteiger partial charge < -0.3 is 10.2 Å². The smallest absolute Gasteiger partial charge is 0.239 e. The Bertz CT molecular complexity index is 435. The Morgan fingerprint density at radius 2 is 2.00 bits per heavy atom. The van der Waals surface area contributed by atoms with Crippen LogP contribution in [0.2, 0.25) is 0 Å². The summed E-state index contributed by atoms with van der Waals surface area (Å²) in [6, 6.07) is 2.24. The molecule has 0 aromatic carbocycles. The standard InChI is InChI=1S/C15H26N4O/c1-12(2)19-10-7-14(17-19)11-16-13(3)15(20)18-8-5-4-6-9-18/h7,10,12-13,16H,4-6,8-9,11H2,1-3H3. The molecule has 1 amide bonds. The van der Waals surface area contributed by atoms with E-state index >= 15 is 0 Å². The number of carbonyl (C=O) groups is 1. The normalized spacial score (nSPS) is 17.5. The molecule has 112 valence electrons. The Balaban J connectivity index is 1.81. The second-order valence-corrected chi connectivity index (χ2v) is 5.87. The van der Waals surface area contributed by atoms with Gasteiger partial charge in [0.1, 0.15) is 0 Å². The summed E-state index contributed by atoms with van der Waals surface area (Å²) >= 11 is 0. The zero-order valence-electron chi connectivity index (χ0n) is 12.8. The molecule has 0 bridgehead atoms. The van der Waals surface area contributed by atoms with Gasteiger partial charge in [-0.2, -0.15) is 5.10 Å². The van der Waals surface area contributed by atoms with E-state index in [4.69, 9.17) is 0 Å². The lowest BCUT2D eigenvalue weighted by atomic mass is 10.1. The highest BCUT2D eigenvalue weighted by Crippen LogP contribution is 2.10. The zero-order valence-corrected chi connectivity index (χ0v) is 12.8. The van der Waals surface area contributed by atoms with Crippen LogP contribution in [0.5, 0.6) is 0 Å². The van der Waals surface area contributed by atoms with Gasteiger partial charge >= 0.3 is 0 Å². The van der Waals surface area contributed by atoms with Crippen LogP contribution in [0.15, 0.2) is 12.3 Å². The molecule has 1 N–H and O–H groups in total. The molecular formula is C15H26N4O. The van der Waals surface area contributed by atoms with Crippen LogP contribution >= 0.6 is 0 Å². The van der Waals surface area contributed by atoms with E-state index in [1.54, 1.807) is 0 Å². The minimum atomic E-state index is -0.141. The maximum absolute atomic E-state index is 12.3. The largest absolute Gasteiger partial charge is 0.341 e. The Hall–Kier alpha value is -1.36. The Kier molecular flexibility index (Phi) is 5.17. The SMILES string of the molecule is CC(NCc1ccn(C(C)C)n1)C(=O)N1CCCCC1. The fourth-order valence-electron chi connectivity index (χ4n) is 2.49. The first kappa shape index (κ1) is 15.0. The highest BCUT2D eigenvalue weighted by Gasteiger charge is 2.21. The highest BCUT2D eigenvalue weighted by atomic mass is 16.2. The van der Waals surface area contributed by atoms with Crippen LogP contribution in [0, 0.1) is 0 Å². The number of nitrogens with one attached hydrogen (secondary N) is 1. The number of nitrogens with zero attached hydrogens (tertiary/aromatic N) is 3. The molecule has 2 heterocycles. The first-order valence-corrected chi connectivity index (χ1v) is 7.64. The predicted molar refractivity (Wildman–Crippen MR) is 79.3 cm³/mol. The van der Waals surface area contributed by atoms with Crippen LogP contribution in [0.1, 0.15) is 51.8 Å². The molecule has 0 spiro atoms. The molecule has 1 aromatic rings. The molecule has 2 rings (SSSR count). The molecule has 5 heteroatoms. The van der Waals surface area contributed by atoms with Gasteiger partial charge in [-0.1, -0.05) is 0 Å². The number of hydrogen-bond acceptors (Lipinski definition) is 3. The monoisotopic (exact) mass is 278 g/mol. The average Bonchev–Trinajstić information content (AvgIpc) is 2.94. The number of carbonyl (C=O) groups excluding carboxylic acids is 1. The third kappa shape index (κ3) is 3.82. The van der Waals surface area contributed by atoms with Crippen molar-refractivity contribution in [3.05, 3.63) is 18.0 Å². The molecule has 1 unspecified atom stereocenters. The molecule has 0 saturated carbocycles. The van der Waals surface area contributed by atoms with Gasteiger partial charge in [0.25, 0.3) is 0 Å². The van der Waals surface area contributed by atoms with Gasteiger partial charge in [-0.05, 0) is 46.1 Å². The van der Waals surface area contributed by atoms with E-state index in [0.717, 1.165) is 31.6 Å². The van der Waals surface area contributed by atoms with E-state index in [0.29, 0.717) is 12.6 Å². The lowest BCUT2D eigenvalue weighted by Crippen LogP contribution is -2.46. The average molecular weight is 278 g/mol. The maximum Gasteiger partial charge on any atom is 0.239 e. The quantitative estimate of drug-likeness (QED) is 0.895. The van der Waals surface area contributed by atoms with Gasteiger partial charge in [-0.25, -0.2) is 0 Å². The van der Waals surface area contributed by atoms with E-state index in [9.17, 15) is 4.79 Å². The Labute approximate surface area is 121 Å². The highest BCUT2D eigenvalue weighted by molar-refractivity contribution is 5.81. The van der Waals surface area contributed by atoms with Crippen molar-refractivity contribution in [3.63, 3.8) is 0 Å². The molecule has 0 radical (unpaired) electrons. The first-order chi connectivity index (χ1) is 9.58. The fraction of sp³-hybridized carbons (Fsp3) is 0.733. The second-order valence-electron chi connectivity index (χ2n) is 5.87. The molecule has 1 aliphatic heterocycles. The molecule has 5 nitrogen and oxygen atoms in total.